The van der Waals surface area contributed by atoms with E-state index in [0.717, 1.165) is 6.42 Å². The van der Waals surface area contributed by atoms with Gasteiger partial charge in [0.2, 0.25) is 5.52 Å². The fraction of sp³-hybridized carbons (Fsp3) is 0.500. The first-order valence-corrected chi connectivity index (χ1v) is 7.95. The van der Waals surface area contributed by atoms with Gasteiger partial charge in [0, 0.05) is 6.16 Å². The highest BCUT2D eigenvalue weighted by Gasteiger charge is 2.23. The van der Waals surface area contributed by atoms with Crippen LogP contribution in [-0.2, 0) is 4.57 Å². The van der Waals surface area contributed by atoms with Crippen LogP contribution in [0.4, 0.5) is 0 Å². The Balaban J connectivity index is 3.07. The van der Waals surface area contributed by atoms with Crippen molar-refractivity contribution in [2.45, 2.75) is 20.3 Å². The summed E-state index contributed by atoms with van der Waals surface area (Å²) in [5, 5.41) is 0. The Morgan fingerprint density at radius 1 is 1.26 bits per heavy atom. The number of carbonyl (C=O) groups excluding carboxylic acids is 1. The summed E-state index contributed by atoms with van der Waals surface area (Å²) >= 11 is 0. The largest absolute Gasteiger partial charge is 0.496 e. The lowest BCUT2D eigenvalue weighted by Gasteiger charge is -2.13. The van der Waals surface area contributed by atoms with E-state index in [2.05, 4.69) is 0 Å². The van der Waals surface area contributed by atoms with Crippen LogP contribution in [0.15, 0.2) is 18.2 Å². The van der Waals surface area contributed by atoms with Gasteiger partial charge in [0.1, 0.15) is 24.9 Å². The molecule has 1 rings (SSSR count). The van der Waals surface area contributed by atoms with Gasteiger partial charge in [0.05, 0.1) is 14.2 Å². The van der Waals surface area contributed by atoms with Crippen molar-refractivity contribution in [2.24, 2.45) is 5.92 Å². The van der Waals surface area contributed by atoms with Crippen LogP contribution >= 0.6 is 7.80 Å². The second-order valence-corrected chi connectivity index (χ2v) is 6.22. The third-order valence-electron chi connectivity index (χ3n) is 3.14. The van der Waals surface area contributed by atoms with Crippen LogP contribution < -0.4 is 9.47 Å². The maximum atomic E-state index is 12.3. The normalized spacial score (nSPS) is 13.7. The van der Waals surface area contributed by atoms with E-state index < -0.39 is 7.80 Å². The molecular formula is C14H21O4P. The number of methoxy groups -OCH3 is 2. The molecule has 19 heavy (non-hydrogen) atoms. The number of ether oxygens (including phenoxy) is 2. The van der Waals surface area contributed by atoms with Crippen LogP contribution in [0.3, 0.4) is 0 Å². The Morgan fingerprint density at radius 2 is 1.79 bits per heavy atom. The van der Waals surface area contributed by atoms with Crippen LogP contribution in [0.25, 0.3) is 0 Å². The van der Waals surface area contributed by atoms with Gasteiger partial charge in [-0.3, -0.25) is 4.79 Å². The SMILES string of the molecule is CCC(C)C[PH](=O)C(=O)c1c(OC)cccc1OC. The highest BCUT2D eigenvalue weighted by Crippen LogP contribution is 2.38. The van der Waals surface area contributed by atoms with Crippen LogP contribution in [-0.4, -0.2) is 25.9 Å². The van der Waals surface area contributed by atoms with Crippen molar-refractivity contribution in [1.29, 1.82) is 0 Å². The summed E-state index contributed by atoms with van der Waals surface area (Å²) in [6.07, 6.45) is 1.34. The average Bonchev–Trinajstić information content (AvgIpc) is 2.44. The first-order valence-electron chi connectivity index (χ1n) is 6.33. The predicted octanol–water partition coefficient (Wildman–Crippen LogP) is 3.45. The quantitative estimate of drug-likeness (QED) is 0.720. The summed E-state index contributed by atoms with van der Waals surface area (Å²) in [5.74, 6) is 1.09. The van der Waals surface area contributed by atoms with Crippen molar-refractivity contribution >= 4 is 13.3 Å². The van der Waals surface area contributed by atoms with Crippen LogP contribution in [0.2, 0.25) is 0 Å². The molecule has 2 atom stereocenters. The molecule has 1 aromatic carbocycles. The lowest BCUT2D eigenvalue weighted by molar-refractivity contribution is 0.107. The fourth-order valence-corrected chi connectivity index (χ4v) is 3.40. The van der Waals surface area contributed by atoms with Crippen LogP contribution in [0.1, 0.15) is 30.6 Å². The van der Waals surface area contributed by atoms with Crippen LogP contribution in [0.5, 0.6) is 11.5 Å². The van der Waals surface area contributed by atoms with E-state index in [-0.39, 0.29) is 11.4 Å². The number of rotatable bonds is 7. The van der Waals surface area contributed by atoms with Gasteiger partial charge >= 0.3 is 0 Å². The molecular weight excluding hydrogens is 263 g/mol. The van der Waals surface area contributed by atoms with Crippen molar-refractivity contribution in [3.8, 4) is 11.5 Å². The molecule has 0 amide bonds. The molecule has 0 aliphatic rings. The van der Waals surface area contributed by atoms with Crippen molar-refractivity contribution in [3.63, 3.8) is 0 Å². The molecule has 0 saturated carbocycles. The van der Waals surface area contributed by atoms with Crippen molar-refractivity contribution in [1.82, 2.24) is 0 Å². The van der Waals surface area contributed by atoms with E-state index in [9.17, 15) is 9.36 Å². The molecule has 0 aromatic heterocycles. The molecule has 4 nitrogen and oxygen atoms in total. The molecule has 0 fully saturated rings. The monoisotopic (exact) mass is 284 g/mol. The summed E-state index contributed by atoms with van der Waals surface area (Å²) < 4.78 is 22.5. The second-order valence-electron chi connectivity index (χ2n) is 4.51. The number of hydrogen-bond donors (Lipinski definition) is 0. The summed E-state index contributed by atoms with van der Waals surface area (Å²) in [4.78, 5) is 12.3. The highest BCUT2D eigenvalue weighted by atomic mass is 31.1. The Hall–Kier alpha value is -1.28. The summed E-state index contributed by atoms with van der Waals surface area (Å²) in [5.41, 5.74) is -0.0701. The van der Waals surface area contributed by atoms with Crippen LogP contribution in [0, 0.1) is 5.92 Å². The summed E-state index contributed by atoms with van der Waals surface area (Å²) in [7, 11) is 0.623. The van der Waals surface area contributed by atoms with Gasteiger partial charge < -0.3 is 14.0 Å². The zero-order valence-corrected chi connectivity index (χ0v) is 12.9. The molecule has 0 saturated heterocycles. The molecule has 0 aliphatic heterocycles. The zero-order valence-electron chi connectivity index (χ0n) is 11.9. The van der Waals surface area contributed by atoms with E-state index in [1.54, 1.807) is 18.2 Å². The molecule has 0 bridgehead atoms. The maximum Gasteiger partial charge on any atom is 0.225 e. The minimum atomic E-state index is -2.34. The highest BCUT2D eigenvalue weighted by molar-refractivity contribution is 7.64. The molecule has 0 heterocycles. The Morgan fingerprint density at radius 3 is 2.21 bits per heavy atom. The minimum Gasteiger partial charge on any atom is -0.496 e. The van der Waals surface area contributed by atoms with E-state index in [1.165, 1.54) is 14.2 Å². The van der Waals surface area contributed by atoms with Gasteiger partial charge in [-0.15, -0.1) is 0 Å². The third-order valence-corrected chi connectivity index (χ3v) is 4.96. The van der Waals surface area contributed by atoms with Crippen molar-refractivity contribution < 1.29 is 18.8 Å². The molecule has 0 aliphatic carbocycles. The Kier molecular flexibility index (Phi) is 6.10. The molecule has 1 aromatic rings. The standard InChI is InChI=1S/C14H21O4P/c1-5-10(2)9-19(16)14(15)13-11(17-3)7-6-8-12(13)18-4/h6-8,10,19H,5,9H2,1-4H3. The van der Waals surface area contributed by atoms with Crippen molar-refractivity contribution in [3.05, 3.63) is 23.8 Å². The van der Waals surface area contributed by atoms with Gasteiger partial charge in [0.15, 0.2) is 0 Å². The van der Waals surface area contributed by atoms with E-state index in [1.807, 2.05) is 13.8 Å². The third kappa shape index (κ3) is 3.84. The first kappa shape index (κ1) is 15.8. The Bertz CT molecular complexity index is 448. The first-order chi connectivity index (χ1) is 9.04. The van der Waals surface area contributed by atoms with Gasteiger partial charge in [-0.1, -0.05) is 26.3 Å². The maximum absolute atomic E-state index is 12.3. The smallest absolute Gasteiger partial charge is 0.225 e. The topological polar surface area (TPSA) is 52.6 Å². The van der Waals surface area contributed by atoms with Crippen molar-refractivity contribution in [2.75, 3.05) is 20.4 Å². The summed E-state index contributed by atoms with van der Waals surface area (Å²) in [6.45, 7) is 4.02. The molecule has 106 valence electrons. The Labute approximate surface area is 114 Å². The van der Waals surface area contributed by atoms with E-state index in [0.29, 0.717) is 23.2 Å². The summed E-state index contributed by atoms with van der Waals surface area (Å²) in [6, 6.07) is 5.09. The molecule has 0 radical (unpaired) electrons. The number of carbonyl (C=O) groups is 1. The lowest BCUT2D eigenvalue weighted by atomic mass is 10.2. The second kappa shape index (κ2) is 7.34. The molecule has 0 spiro atoms. The van der Waals surface area contributed by atoms with Gasteiger partial charge in [-0.25, -0.2) is 0 Å². The molecule has 0 N–H and O–H groups in total. The minimum absolute atomic E-state index is 0.274. The number of hydrogen-bond acceptors (Lipinski definition) is 4. The lowest BCUT2D eigenvalue weighted by Crippen LogP contribution is -2.05. The predicted molar refractivity (Wildman–Crippen MR) is 77.2 cm³/mol. The van der Waals surface area contributed by atoms with E-state index >= 15 is 0 Å². The number of benzene rings is 1. The zero-order chi connectivity index (χ0) is 14.4. The van der Waals surface area contributed by atoms with Gasteiger partial charge in [-0.2, -0.15) is 0 Å². The average molecular weight is 284 g/mol. The fourth-order valence-electron chi connectivity index (χ4n) is 1.77. The molecule has 2 unspecified atom stereocenters. The van der Waals surface area contributed by atoms with E-state index in [4.69, 9.17) is 9.47 Å². The molecule has 5 heteroatoms. The van der Waals surface area contributed by atoms with Gasteiger partial charge in [0.25, 0.3) is 0 Å². The van der Waals surface area contributed by atoms with Gasteiger partial charge in [-0.05, 0) is 18.1 Å².